The van der Waals surface area contributed by atoms with Gasteiger partial charge in [-0.3, -0.25) is 10.1 Å². The van der Waals surface area contributed by atoms with Crippen molar-refractivity contribution in [2.45, 2.75) is 18.7 Å². The molecule has 0 aliphatic carbocycles. The Kier molecular flexibility index (Phi) is 4.66. The van der Waals surface area contributed by atoms with Crippen LogP contribution < -0.4 is 4.72 Å². The highest BCUT2D eigenvalue weighted by Crippen LogP contribution is 2.26. The molecule has 8 heteroatoms. The van der Waals surface area contributed by atoms with Crippen molar-refractivity contribution in [2.24, 2.45) is 0 Å². The highest BCUT2D eigenvalue weighted by molar-refractivity contribution is 7.89. The third-order valence-corrected chi connectivity index (χ3v) is 4.13. The number of hydrogen-bond donors (Lipinski definition) is 1. The predicted octanol–water partition coefficient (Wildman–Crippen LogP) is 1.73. The Labute approximate surface area is 110 Å². The first-order valence-corrected chi connectivity index (χ1v) is 7.12. The Balaban J connectivity index is 3.39. The molecule has 0 radical (unpaired) electrons. The summed E-state index contributed by atoms with van der Waals surface area (Å²) >= 11 is 5.39. The monoisotopic (exact) mass is 292 g/mol. The maximum atomic E-state index is 11.9. The highest BCUT2D eigenvalue weighted by atomic mass is 35.5. The number of rotatable bonds is 5. The molecule has 1 aromatic rings. The van der Waals surface area contributed by atoms with E-state index in [1.54, 1.807) is 13.8 Å². The van der Waals surface area contributed by atoms with Gasteiger partial charge in [0.1, 0.15) is 0 Å². The Hall–Kier alpha value is -1.18. The van der Waals surface area contributed by atoms with Crippen LogP contribution in [0.1, 0.15) is 11.1 Å². The number of alkyl halides is 1. The Morgan fingerprint density at radius 1 is 1.33 bits per heavy atom. The fraction of sp³-hybridized carbons (Fsp3) is 0.400. The molecule has 100 valence electrons. The molecule has 0 aliphatic heterocycles. The Morgan fingerprint density at radius 2 is 1.89 bits per heavy atom. The van der Waals surface area contributed by atoms with Crippen molar-refractivity contribution in [3.05, 3.63) is 33.4 Å². The zero-order valence-electron chi connectivity index (χ0n) is 9.94. The Bertz CT molecular complexity index is 571. The number of benzene rings is 1. The predicted molar refractivity (Wildman–Crippen MR) is 68.5 cm³/mol. The molecule has 6 nitrogen and oxygen atoms in total. The van der Waals surface area contributed by atoms with Gasteiger partial charge in [0.2, 0.25) is 10.0 Å². The highest BCUT2D eigenvalue weighted by Gasteiger charge is 2.26. The van der Waals surface area contributed by atoms with Gasteiger partial charge in [-0.2, -0.15) is 0 Å². The van der Waals surface area contributed by atoms with Gasteiger partial charge < -0.3 is 0 Å². The lowest BCUT2D eigenvalue weighted by atomic mass is 10.1. The van der Waals surface area contributed by atoms with E-state index in [1.807, 2.05) is 0 Å². The molecule has 18 heavy (non-hydrogen) atoms. The standard InChI is InChI=1S/C10H13ClN2O4S/c1-7-5-9(13(14)15)10(6-8(7)2)18(16,17)12-4-3-11/h5-6,12H,3-4H2,1-2H3. The molecule has 0 amide bonds. The van der Waals surface area contributed by atoms with Crippen LogP contribution in [0.5, 0.6) is 0 Å². The fourth-order valence-corrected chi connectivity index (χ4v) is 2.86. The van der Waals surface area contributed by atoms with Crippen molar-refractivity contribution in [1.82, 2.24) is 4.72 Å². The molecule has 0 unspecified atom stereocenters. The van der Waals surface area contributed by atoms with E-state index in [9.17, 15) is 18.5 Å². The van der Waals surface area contributed by atoms with Crippen LogP contribution in [0.2, 0.25) is 0 Å². The summed E-state index contributed by atoms with van der Waals surface area (Å²) in [5.41, 5.74) is 0.907. The summed E-state index contributed by atoms with van der Waals surface area (Å²) < 4.78 is 26.0. The maximum absolute atomic E-state index is 11.9. The quantitative estimate of drug-likeness (QED) is 0.508. The number of nitrogens with one attached hydrogen (secondary N) is 1. The number of sulfonamides is 1. The molecule has 0 saturated carbocycles. The summed E-state index contributed by atoms with van der Waals surface area (Å²) in [5.74, 6) is 0.0951. The molecule has 1 rings (SSSR count). The smallest absolute Gasteiger partial charge is 0.258 e. The first-order valence-electron chi connectivity index (χ1n) is 5.11. The molecular weight excluding hydrogens is 280 g/mol. The largest absolute Gasteiger partial charge is 0.289 e. The number of halogens is 1. The molecule has 0 spiro atoms. The molecule has 0 aliphatic rings. The third-order valence-electron chi connectivity index (χ3n) is 2.45. The van der Waals surface area contributed by atoms with E-state index in [0.29, 0.717) is 11.1 Å². The van der Waals surface area contributed by atoms with Crippen molar-refractivity contribution >= 4 is 27.3 Å². The van der Waals surface area contributed by atoms with Crippen molar-refractivity contribution in [3.8, 4) is 0 Å². The molecule has 1 aromatic carbocycles. The normalized spacial score (nSPS) is 11.5. The second kappa shape index (κ2) is 5.64. The average Bonchev–Trinajstić information content (AvgIpc) is 2.29. The van der Waals surface area contributed by atoms with Crippen molar-refractivity contribution < 1.29 is 13.3 Å². The SMILES string of the molecule is Cc1cc([N+](=O)[O-])c(S(=O)(=O)NCCCl)cc1C. The molecule has 0 bridgehead atoms. The molecular formula is C10H13ClN2O4S. The van der Waals surface area contributed by atoms with Crippen LogP contribution in [-0.4, -0.2) is 25.8 Å². The number of aryl methyl sites for hydroxylation is 2. The van der Waals surface area contributed by atoms with Gasteiger partial charge in [-0.1, -0.05) is 0 Å². The van der Waals surface area contributed by atoms with Gasteiger partial charge in [-0.15, -0.1) is 11.6 Å². The molecule has 0 saturated heterocycles. The summed E-state index contributed by atoms with van der Waals surface area (Å²) in [6.45, 7) is 3.40. The van der Waals surface area contributed by atoms with Gasteiger partial charge in [0.15, 0.2) is 4.90 Å². The van der Waals surface area contributed by atoms with E-state index < -0.39 is 20.6 Å². The van der Waals surface area contributed by atoms with E-state index in [2.05, 4.69) is 4.72 Å². The molecule has 0 aromatic heterocycles. The lowest BCUT2D eigenvalue weighted by Gasteiger charge is -2.08. The van der Waals surface area contributed by atoms with E-state index in [0.717, 1.165) is 0 Å². The van der Waals surface area contributed by atoms with Crippen molar-refractivity contribution in [2.75, 3.05) is 12.4 Å². The van der Waals surface area contributed by atoms with Gasteiger partial charge in [-0.05, 0) is 31.0 Å². The number of nitrogens with zero attached hydrogens (tertiary/aromatic N) is 1. The lowest BCUT2D eigenvalue weighted by Crippen LogP contribution is -2.26. The minimum absolute atomic E-state index is 0.0218. The number of hydrogen-bond acceptors (Lipinski definition) is 4. The summed E-state index contributed by atoms with van der Waals surface area (Å²) in [7, 11) is -3.91. The summed E-state index contributed by atoms with van der Waals surface area (Å²) in [6.07, 6.45) is 0. The van der Waals surface area contributed by atoms with Gasteiger partial charge in [0.05, 0.1) is 4.92 Å². The van der Waals surface area contributed by atoms with Crippen LogP contribution in [0.4, 0.5) is 5.69 Å². The summed E-state index contributed by atoms with van der Waals surface area (Å²) in [4.78, 5) is 9.85. The Morgan fingerprint density at radius 3 is 2.39 bits per heavy atom. The summed E-state index contributed by atoms with van der Waals surface area (Å²) in [6, 6.07) is 2.55. The van der Waals surface area contributed by atoms with Crippen LogP contribution in [0.25, 0.3) is 0 Å². The summed E-state index contributed by atoms with van der Waals surface area (Å²) in [5, 5.41) is 10.9. The van der Waals surface area contributed by atoms with Crippen LogP contribution in [-0.2, 0) is 10.0 Å². The van der Waals surface area contributed by atoms with Crippen LogP contribution in [0.3, 0.4) is 0 Å². The average molecular weight is 293 g/mol. The fourth-order valence-electron chi connectivity index (χ4n) is 1.38. The maximum Gasteiger partial charge on any atom is 0.289 e. The number of nitro benzene ring substituents is 1. The molecule has 0 heterocycles. The molecule has 0 atom stereocenters. The molecule has 1 N–H and O–H groups in total. The van der Waals surface area contributed by atoms with E-state index >= 15 is 0 Å². The minimum atomic E-state index is -3.91. The van der Waals surface area contributed by atoms with Crippen molar-refractivity contribution in [1.29, 1.82) is 0 Å². The van der Waals surface area contributed by atoms with Gasteiger partial charge in [0.25, 0.3) is 5.69 Å². The first-order chi connectivity index (χ1) is 8.29. The lowest BCUT2D eigenvalue weighted by molar-refractivity contribution is -0.387. The second-order valence-corrected chi connectivity index (χ2v) is 5.86. The third kappa shape index (κ3) is 3.18. The number of nitro groups is 1. The van der Waals surface area contributed by atoms with Crippen molar-refractivity contribution in [3.63, 3.8) is 0 Å². The van der Waals surface area contributed by atoms with Crippen LogP contribution in [0, 0.1) is 24.0 Å². The van der Waals surface area contributed by atoms with E-state index in [1.165, 1.54) is 12.1 Å². The van der Waals surface area contributed by atoms with Gasteiger partial charge in [0, 0.05) is 18.5 Å². The molecule has 0 fully saturated rings. The van der Waals surface area contributed by atoms with Gasteiger partial charge >= 0.3 is 0 Å². The van der Waals surface area contributed by atoms with Crippen LogP contribution >= 0.6 is 11.6 Å². The van der Waals surface area contributed by atoms with Gasteiger partial charge in [-0.25, -0.2) is 13.1 Å². The van der Waals surface area contributed by atoms with E-state index in [4.69, 9.17) is 11.6 Å². The zero-order chi connectivity index (χ0) is 13.9. The van der Waals surface area contributed by atoms with Crippen LogP contribution in [0.15, 0.2) is 17.0 Å². The van der Waals surface area contributed by atoms with E-state index in [-0.39, 0.29) is 17.3 Å². The first kappa shape index (κ1) is 14.9. The topological polar surface area (TPSA) is 89.3 Å². The zero-order valence-corrected chi connectivity index (χ0v) is 11.5. The minimum Gasteiger partial charge on any atom is -0.258 e. The second-order valence-electron chi connectivity index (χ2n) is 3.75.